The van der Waals surface area contributed by atoms with Gasteiger partial charge in [-0.3, -0.25) is 0 Å². The van der Waals surface area contributed by atoms with Crippen molar-refractivity contribution in [2.75, 3.05) is 20.3 Å². The number of allylic oxidation sites excluding steroid dienone is 1. The third kappa shape index (κ3) is 4.76. The second-order valence-electron chi connectivity index (χ2n) is 3.73. The van der Waals surface area contributed by atoms with E-state index in [0.29, 0.717) is 0 Å². The minimum absolute atomic E-state index is 1.02. The van der Waals surface area contributed by atoms with Crippen molar-refractivity contribution in [1.29, 1.82) is 0 Å². The van der Waals surface area contributed by atoms with E-state index in [2.05, 4.69) is 50.8 Å². The Balaban J connectivity index is 3.86. The van der Waals surface area contributed by atoms with Gasteiger partial charge in [-0.1, -0.05) is 24.9 Å². The number of hydrogen-bond acceptors (Lipinski definition) is 1. The van der Waals surface area contributed by atoms with Crippen LogP contribution in [0.15, 0.2) is 11.8 Å². The second-order valence-corrected chi connectivity index (χ2v) is 8.35. The minimum Gasteiger partial charge on any atom is -0.312 e. The highest BCUT2D eigenvalue weighted by Crippen LogP contribution is 2.04. The Bertz CT molecular complexity index is 116. The lowest BCUT2D eigenvalue weighted by atomic mass is 10.8. The van der Waals surface area contributed by atoms with Gasteiger partial charge in [0.1, 0.15) is 0 Å². The first-order valence-corrected chi connectivity index (χ1v) is 7.05. The molecule has 0 spiro atoms. The smallest absolute Gasteiger partial charge is 0.0857 e. The fraction of sp³-hybridized carbons (Fsp3) is 0.750. The summed E-state index contributed by atoms with van der Waals surface area (Å²) in [4.78, 5) is 2.27. The molecular weight excluding hydrogens is 138 g/mol. The molecule has 0 bridgehead atoms. The maximum absolute atomic E-state index is 2.38. The summed E-state index contributed by atoms with van der Waals surface area (Å²) in [6, 6.07) is 0. The second kappa shape index (κ2) is 3.94. The average Bonchev–Trinajstić information content (AvgIpc) is 1.59. The van der Waals surface area contributed by atoms with E-state index in [1.54, 1.807) is 0 Å². The van der Waals surface area contributed by atoms with Gasteiger partial charge in [0.05, 0.1) is 8.07 Å². The van der Waals surface area contributed by atoms with E-state index in [1.165, 1.54) is 6.17 Å². The molecule has 1 nitrogen and oxygen atoms in total. The van der Waals surface area contributed by atoms with Crippen molar-refractivity contribution < 1.29 is 0 Å². The quantitative estimate of drug-likeness (QED) is 0.566. The molecule has 10 heavy (non-hydrogen) atoms. The van der Waals surface area contributed by atoms with Crippen molar-refractivity contribution in [2.24, 2.45) is 0 Å². The molecule has 0 unspecified atom stereocenters. The van der Waals surface area contributed by atoms with Gasteiger partial charge in [0.2, 0.25) is 0 Å². The zero-order valence-corrected chi connectivity index (χ0v) is 8.81. The van der Waals surface area contributed by atoms with Crippen LogP contribution in [-0.2, 0) is 0 Å². The van der Waals surface area contributed by atoms with Crippen molar-refractivity contribution in [1.82, 2.24) is 4.90 Å². The summed E-state index contributed by atoms with van der Waals surface area (Å²) in [6.45, 7) is 6.87. The van der Waals surface area contributed by atoms with E-state index in [1.807, 2.05) is 0 Å². The summed E-state index contributed by atoms with van der Waals surface area (Å²) in [5.74, 6) is 0. The van der Waals surface area contributed by atoms with Crippen molar-refractivity contribution in [3.63, 3.8) is 0 Å². The summed E-state index contributed by atoms with van der Waals surface area (Å²) in [5.41, 5.74) is 2.38. The van der Waals surface area contributed by atoms with Crippen LogP contribution in [0.25, 0.3) is 0 Å². The predicted molar refractivity (Wildman–Crippen MR) is 50.9 cm³/mol. The molecule has 0 aromatic rings. The van der Waals surface area contributed by atoms with Crippen LogP contribution in [-0.4, -0.2) is 33.2 Å². The molecule has 0 amide bonds. The summed E-state index contributed by atoms with van der Waals surface area (Å²) >= 11 is 0. The minimum atomic E-state index is -1.02. The Morgan fingerprint density at radius 2 is 1.80 bits per heavy atom. The first-order chi connectivity index (χ1) is 4.48. The highest BCUT2D eigenvalue weighted by atomic mass is 28.3. The van der Waals surface area contributed by atoms with Crippen LogP contribution in [0.5, 0.6) is 0 Å². The van der Waals surface area contributed by atoms with E-state index in [9.17, 15) is 0 Å². The average molecular weight is 157 g/mol. The van der Waals surface area contributed by atoms with E-state index in [4.69, 9.17) is 0 Å². The molecule has 0 fully saturated rings. The molecule has 0 aliphatic carbocycles. The molecule has 0 heterocycles. The van der Waals surface area contributed by atoms with Gasteiger partial charge in [-0.2, -0.15) is 0 Å². The standard InChI is InChI=1S/C8H19NSi/c1-6-7-10(4,5)8-9(2)3/h6-7H,8H2,1-5H3. The topological polar surface area (TPSA) is 3.24 Å². The van der Waals surface area contributed by atoms with Crippen molar-refractivity contribution in [3.05, 3.63) is 11.8 Å². The van der Waals surface area contributed by atoms with Crippen LogP contribution in [0.3, 0.4) is 0 Å². The van der Waals surface area contributed by atoms with Crippen LogP contribution in [0.1, 0.15) is 6.92 Å². The third-order valence-electron chi connectivity index (χ3n) is 1.34. The van der Waals surface area contributed by atoms with E-state index >= 15 is 0 Å². The molecule has 0 saturated carbocycles. The Morgan fingerprint density at radius 1 is 1.30 bits per heavy atom. The van der Waals surface area contributed by atoms with E-state index in [0.717, 1.165) is 0 Å². The van der Waals surface area contributed by atoms with Crippen LogP contribution in [0, 0.1) is 0 Å². The molecule has 0 radical (unpaired) electrons. The Morgan fingerprint density at radius 3 is 2.10 bits per heavy atom. The first kappa shape index (κ1) is 9.92. The van der Waals surface area contributed by atoms with E-state index < -0.39 is 8.07 Å². The summed E-state index contributed by atoms with van der Waals surface area (Å²) in [6.07, 6.45) is 3.42. The predicted octanol–water partition coefficient (Wildman–Crippen LogP) is 1.91. The van der Waals surface area contributed by atoms with Gasteiger partial charge in [0.25, 0.3) is 0 Å². The highest BCUT2D eigenvalue weighted by molar-refractivity contribution is 6.82. The monoisotopic (exact) mass is 157 g/mol. The molecule has 0 aliphatic heterocycles. The maximum Gasteiger partial charge on any atom is 0.0857 e. The summed E-state index contributed by atoms with van der Waals surface area (Å²) in [5, 5.41) is 0. The molecule has 0 aliphatic rings. The molecule has 2 heteroatoms. The zero-order valence-electron chi connectivity index (χ0n) is 7.81. The molecular formula is C8H19NSi. The highest BCUT2D eigenvalue weighted by Gasteiger charge is 2.16. The van der Waals surface area contributed by atoms with Gasteiger partial charge < -0.3 is 4.90 Å². The molecule has 0 aromatic heterocycles. The fourth-order valence-electron chi connectivity index (χ4n) is 1.32. The van der Waals surface area contributed by atoms with Gasteiger partial charge >= 0.3 is 0 Å². The maximum atomic E-state index is 2.38. The largest absolute Gasteiger partial charge is 0.312 e. The fourth-order valence-corrected chi connectivity index (χ4v) is 3.96. The summed E-state index contributed by atoms with van der Waals surface area (Å²) < 4.78 is 0. The van der Waals surface area contributed by atoms with Crippen LogP contribution < -0.4 is 0 Å². The molecule has 0 aromatic carbocycles. The van der Waals surface area contributed by atoms with Crippen molar-refractivity contribution in [3.8, 4) is 0 Å². The number of nitrogens with zero attached hydrogens (tertiary/aromatic N) is 1. The normalized spacial score (nSPS) is 13.4. The molecule has 0 N–H and O–H groups in total. The van der Waals surface area contributed by atoms with Crippen molar-refractivity contribution in [2.45, 2.75) is 20.0 Å². The van der Waals surface area contributed by atoms with Gasteiger partial charge in [-0.25, -0.2) is 0 Å². The lowest BCUT2D eigenvalue weighted by Crippen LogP contribution is -2.37. The lowest BCUT2D eigenvalue weighted by molar-refractivity contribution is 0.472. The number of rotatable bonds is 3. The van der Waals surface area contributed by atoms with Gasteiger partial charge in [0, 0.05) is 0 Å². The Labute approximate surface area is 65.7 Å². The Hall–Kier alpha value is -0.0831. The molecule has 0 atom stereocenters. The van der Waals surface area contributed by atoms with Crippen LogP contribution in [0.2, 0.25) is 13.1 Å². The molecule has 0 rings (SSSR count). The first-order valence-electron chi connectivity index (χ1n) is 3.76. The lowest BCUT2D eigenvalue weighted by Gasteiger charge is -2.22. The van der Waals surface area contributed by atoms with Gasteiger partial charge in [-0.15, -0.1) is 0 Å². The van der Waals surface area contributed by atoms with Gasteiger partial charge in [-0.05, 0) is 27.2 Å². The summed E-state index contributed by atoms with van der Waals surface area (Å²) in [7, 11) is 3.25. The van der Waals surface area contributed by atoms with Crippen LogP contribution >= 0.6 is 0 Å². The van der Waals surface area contributed by atoms with E-state index in [-0.39, 0.29) is 0 Å². The number of hydrogen-bond donors (Lipinski definition) is 0. The SMILES string of the molecule is CC=C[Si](C)(C)CN(C)C. The van der Waals surface area contributed by atoms with Crippen LogP contribution in [0.4, 0.5) is 0 Å². The Kier molecular flexibility index (Phi) is 3.90. The molecule has 60 valence electrons. The third-order valence-corrected chi connectivity index (χ3v) is 4.02. The van der Waals surface area contributed by atoms with Gasteiger partial charge in [0.15, 0.2) is 0 Å². The zero-order chi connectivity index (χ0) is 8.20. The molecule has 0 saturated heterocycles. The van der Waals surface area contributed by atoms with Crippen molar-refractivity contribution >= 4 is 8.07 Å².